The van der Waals surface area contributed by atoms with Crippen molar-refractivity contribution in [3.8, 4) is 22.6 Å². The highest BCUT2D eigenvalue weighted by Gasteiger charge is 2.11. The van der Waals surface area contributed by atoms with Gasteiger partial charge in [-0.15, -0.1) is 0 Å². The van der Waals surface area contributed by atoms with Gasteiger partial charge in [-0.25, -0.2) is 4.79 Å². The zero-order valence-electron chi connectivity index (χ0n) is 15.9. The Labute approximate surface area is 168 Å². The van der Waals surface area contributed by atoms with E-state index in [4.69, 9.17) is 9.47 Å². The summed E-state index contributed by atoms with van der Waals surface area (Å²) in [4.78, 5) is 24.1. The lowest BCUT2D eigenvalue weighted by atomic mass is 10.0. The Balaban J connectivity index is 1.52. The highest BCUT2D eigenvalue weighted by atomic mass is 16.5. The summed E-state index contributed by atoms with van der Waals surface area (Å²) in [6, 6.07) is 20.5. The summed E-state index contributed by atoms with van der Waals surface area (Å²) >= 11 is 0. The number of anilines is 1. The Morgan fingerprint density at radius 3 is 2.03 bits per heavy atom. The summed E-state index contributed by atoms with van der Waals surface area (Å²) in [7, 11) is 0. The van der Waals surface area contributed by atoms with Crippen LogP contribution in [-0.4, -0.2) is 30.2 Å². The molecule has 0 spiro atoms. The number of carbonyl (C=O) groups excluding carboxylic acids is 2. The van der Waals surface area contributed by atoms with Crippen LogP contribution in [0.15, 0.2) is 72.8 Å². The summed E-state index contributed by atoms with van der Waals surface area (Å²) in [5.74, 6) is -0.0996. The number of hydrogen-bond donors (Lipinski definition) is 2. The SMILES string of the molecule is CCOc1ccc(NC(=O)COC(=O)c2ccc(-c3ccc(O)cc3)cc2)cc1. The Kier molecular flexibility index (Phi) is 6.47. The number of hydrogen-bond acceptors (Lipinski definition) is 5. The topological polar surface area (TPSA) is 84.9 Å². The largest absolute Gasteiger partial charge is 0.508 e. The lowest BCUT2D eigenvalue weighted by Gasteiger charge is -2.08. The standard InChI is InChI=1S/C23H21NO5/c1-2-28-21-13-9-19(10-14-21)24-22(26)15-29-23(27)18-5-3-16(4-6-18)17-7-11-20(25)12-8-17/h3-14,25H,2,15H2,1H3,(H,24,26). The van der Waals surface area contributed by atoms with Crippen molar-refractivity contribution in [3.63, 3.8) is 0 Å². The number of rotatable bonds is 7. The van der Waals surface area contributed by atoms with E-state index < -0.39 is 11.9 Å². The van der Waals surface area contributed by atoms with Crippen LogP contribution >= 0.6 is 0 Å². The van der Waals surface area contributed by atoms with E-state index in [2.05, 4.69) is 5.32 Å². The van der Waals surface area contributed by atoms with Gasteiger partial charge >= 0.3 is 5.97 Å². The van der Waals surface area contributed by atoms with Crippen LogP contribution < -0.4 is 10.1 Å². The Morgan fingerprint density at radius 2 is 1.45 bits per heavy atom. The van der Waals surface area contributed by atoms with Gasteiger partial charge in [0.25, 0.3) is 5.91 Å². The van der Waals surface area contributed by atoms with Gasteiger partial charge in [-0.1, -0.05) is 24.3 Å². The molecule has 0 saturated heterocycles. The number of amides is 1. The third-order valence-electron chi connectivity index (χ3n) is 4.10. The third kappa shape index (κ3) is 5.59. The fraction of sp³-hybridized carbons (Fsp3) is 0.130. The summed E-state index contributed by atoms with van der Waals surface area (Å²) in [6.07, 6.45) is 0. The van der Waals surface area contributed by atoms with Gasteiger partial charge in [-0.2, -0.15) is 0 Å². The molecule has 3 rings (SSSR count). The second-order valence-corrected chi connectivity index (χ2v) is 6.21. The Hall–Kier alpha value is -3.80. The number of ether oxygens (including phenoxy) is 2. The predicted octanol–water partition coefficient (Wildman–Crippen LogP) is 4.25. The van der Waals surface area contributed by atoms with Gasteiger partial charge in [0.2, 0.25) is 0 Å². The first-order valence-corrected chi connectivity index (χ1v) is 9.14. The van der Waals surface area contributed by atoms with Crippen molar-refractivity contribution in [1.29, 1.82) is 0 Å². The van der Waals surface area contributed by atoms with Crippen LogP contribution in [0.2, 0.25) is 0 Å². The van der Waals surface area contributed by atoms with E-state index in [1.807, 2.05) is 6.92 Å². The van der Waals surface area contributed by atoms with Gasteiger partial charge in [-0.3, -0.25) is 4.79 Å². The van der Waals surface area contributed by atoms with E-state index in [-0.39, 0.29) is 12.4 Å². The molecule has 3 aromatic carbocycles. The molecule has 0 aromatic heterocycles. The number of aromatic hydroxyl groups is 1. The van der Waals surface area contributed by atoms with Crippen LogP contribution in [0.4, 0.5) is 5.69 Å². The summed E-state index contributed by atoms with van der Waals surface area (Å²) in [5, 5.41) is 12.0. The number of carbonyl (C=O) groups is 2. The number of phenolic OH excluding ortho intramolecular Hbond substituents is 1. The van der Waals surface area contributed by atoms with E-state index in [9.17, 15) is 14.7 Å². The van der Waals surface area contributed by atoms with Crippen molar-refractivity contribution in [2.75, 3.05) is 18.5 Å². The van der Waals surface area contributed by atoms with Crippen molar-refractivity contribution >= 4 is 17.6 Å². The zero-order chi connectivity index (χ0) is 20.6. The van der Waals surface area contributed by atoms with Gasteiger partial charge < -0.3 is 19.9 Å². The average Bonchev–Trinajstić information content (AvgIpc) is 2.74. The molecule has 148 valence electrons. The monoisotopic (exact) mass is 391 g/mol. The molecule has 0 heterocycles. The molecule has 0 saturated carbocycles. The molecule has 6 heteroatoms. The molecule has 2 N–H and O–H groups in total. The minimum Gasteiger partial charge on any atom is -0.508 e. The first-order chi connectivity index (χ1) is 14.0. The van der Waals surface area contributed by atoms with E-state index in [1.165, 1.54) is 0 Å². The lowest BCUT2D eigenvalue weighted by molar-refractivity contribution is -0.119. The fourth-order valence-electron chi connectivity index (χ4n) is 2.67. The Bertz CT molecular complexity index is 964. The average molecular weight is 391 g/mol. The quantitative estimate of drug-likeness (QED) is 0.588. The van der Waals surface area contributed by atoms with Crippen LogP contribution in [0.3, 0.4) is 0 Å². The van der Waals surface area contributed by atoms with Crippen molar-refractivity contribution < 1.29 is 24.2 Å². The molecule has 0 unspecified atom stereocenters. The number of esters is 1. The molecule has 6 nitrogen and oxygen atoms in total. The molecule has 0 aliphatic heterocycles. The molecule has 0 aliphatic rings. The fourth-order valence-corrected chi connectivity index (χ4v) is 2.67. The maximum atomic E-state index is 12.2. The third-order valence-corrected chi connectivity index (χ3v) is 4.10. The number of nitrogens with one attached hydrogen (secondary N) is 1. The van der Waals surface area contributed by atoms with Crippen molar-refractivity contribution in [3.05, 3.63) is 78.4 Å². The maximum Gasteiger partial charge on any atom is 0.338 e. The first kappa shape index (κ1) is 19.9. The van der Waals surface area contributed by atoms with Crippen LogP contribution in [-0.2, 0) is 9.53 Å². The minimum absolute atomic E-state index is 0.192. The second kappa shape index (κ2) is 9.41. The van der Waals surface area contributed by atoms with Crippen molar-refractivity contribution in [2.24, 2.45) is 0 Å². The molecule has 0 aliphatic carbocycles. The zero-order valence-corrected chi connectivity index (χ0v) is 15.9. The van der Waals surface area contributed by atoms with Gasteiger partial charge in [0.1, 0.15) is 11.5 Å². The van der Waals surface area contributed by atoms with Crippen LogP contribution in [0, 0.1) is 0 Å². The van der Waals surface area contributed by atoms with E-state index in [0.29, 0.717) is 23.6 Å². The normalized spacial score (nSPS) is 10.2. The highest BCUT2D eigenvalue weighted by Crippen LogP contribution is 2.22. The van der Waals surface area contributed by atoms with E-state index >= 15 is 0 Å². The van der Waals surface area contributed by atoms with E-state index in [0.717, 1.165) is 11.1 Å². The second-order valence-electron chi connectivity index (χ2n) is 6.21. The van der Waals surface area contributed by atoms with Gasteiger partial charge in [0, 0.05) is 5.69 Å². The number of phenols is 1. The Morgan fingerprint density at radius 1 is 0.862 bits per heavy atom. The minimum atomic E-state index is -0.580. The molecule has 0 bridgehead atoms. The smallest absolute Gasteiger partial charge is 0.338 e. The molecule has 0 radical (unpaired) electrons. The molecule has 29 heavy (non-hydrogen) atoms. The molecule has 1 amide bonds. The number of benzene rings is 3. The molecule has 3 aromatic rings. The van der Waals surface area contributed by atoms with Crippen LogP contribution in [0.1, 0.15) is 17.3 Å². The summed E-state index contributed by atoms with van der Waals surface area (Å²) in [5.41, 5.74) is 2.75. The predicted molar refractivity (Wildman–Crippen MR) is 110 cm³/mol. The van der Waals surface area contributed by atoms with Gasteiger partial charge in [0.05, 0.1) is 12.2 Å². The lowest BCUT2D eigenvalue weighted by Crippen LogP contribution is -2.20. The van der Waals surface area contributed by atoms with Gasteiger partial charge in [-0.05, 0) is 66.6 Å². The van der Waals surface area contributed by atoms with Crippen molar-refractivity contribution in [1.82, 2.24) is 0 Å². The summed E-state index contributed by atoms with van der Waals surface area (Å²) in [6.45, 7) is 2.08. The van der Waals surface area contributed by atoms with E-state index in [1.54, 1.807) is 72.8 Å². The van der Waals surface area contributed by atoms with Crippen molar-refractivity contribution in [2.45, 2.75) is 6.92 Å². The first-order valence-electron chi connectivity index (χ1n) is 9.14. The van der Waals surface area contributed by atoms with Crippen LogP contribution in [0.25, 0.3) is 11.1 Å². The highest BCUT2D eigenvalue weighted by molar-refractivity contribution is 5.95. The molecular weight excluding hydrogens is 370 g/mol. The molecule has 0 fully saturated rings. The molecular formula is C23H21NO5. The maximum absolute atomic E-state index is 12.2. The van der Waals surface area contributed by atoms with Crippen LogP contribution in [0.5, 0.6) is 11.5 Å². The van der Waals surface area contributed by atoms with Gasteiger partial charge in [0.15, 0.2) is 6.61 Å². The molecule has 0 atom stereocenters. The summed E-state index contributed by atoms with van der Waals surface area (Å²) < 4.78 is 10.4.